The number of guanidine groups is 1. The highest BCUT2D eigenvalue weighted by molar-refractivity contribution is 5.95. The van der Waals surface area contributed by atoms with Crippen LogP contribution in [0.4, 0.5) is 32.0 Å². The van der Waals surface area contributed by atoms with Gasteiger partial charge in [0.1, 0.15) is 6.04 Å². The Hall–Kier alpha value is -2.50. The summed E-state index contributed by atoms with van der Waals surface area (Å²) >= 11 is 0. The Balaban J connectivity index is 1.87. The van der Waals surface area contributed by atoms with Crippen LogP contribution in [0.25, 0.3) is 0 Å². The molecular formula is C17H21F6N5O. The fourth-order valence-electron chi connectivity index (χ4n) is 2.84. The number of nitrogens with one attached hydrogen (secondary N) is 2. The van der Waals surface area contributed by atoms with Crippen molar-refractivity contribution in [1.29, 1.82) is 0 Å². The summed E-state index contributed by atoms with van der Waals surface area (Å²) in [6.07, 6.45) is -4.31. The summed E-state index contributed by atoms with van der Waals surface area (Å²) < 4.78 is 78.2. The lowest BCUT2D eigenvalue weighted by Gasteiger charge is -2.39. The van der Waals surface area contributed by atoms with Crippen LogP contribution in [0.5, 0.6) is 0 Å². The molecule has 1 saturated heterocycles. The van der Waals surface area contributed by atoms with Gasteiger partial charge in [0, 0.05) is 33.2 Å². The molecule has 6 nitrogen and oxygen atoms in total. The Labute approximate surface area is 163 Å². The van der Waals surface area contributed by atoms with Gasteiger partial charge in [-0.1, -0.05) is 0 Å². The van der Waals surface area contributed by atoms with Crippen molar-refractivity contribution in [3.8, 4) is 0 Å². The summed E-state index contributed by atoms with van der Waals surface area (Å²) in [5.41, 5.74) is -0.513. The van der Waals surface area contributed by atoms with Gasteiger partial charge in [-0.3, -0.25) is 14.7 Å². The van der Waals surface area contributed by atoms with Gasteiger partial charge in [0.25, 0.3) is 0 Å². The van der Waals surface area contributed by atoms with Crippen molar-refractivity contribution < 1.29 is 31.1 Å². The molecule has 1 heterocycles. The third kappa shape index (κ3) is 5.75. The van der Waals surface area contributed by atoms with Crippen molar-refractivity contribution in [2.75, 3.05) is 45.1 Å². The van der Waals surface area contributed by atoms with Gasteiger partial charge in [-0.05, 0) is 19.1 Å². The van der Waals surface area contributed by atoms with E-state index in [-0.39, 0.29) is 38.7 Å². The molecular weight excluding hydrogens is 404 g/mol. The highest BCUT2D eigenvalue weighted by Gasteiger charge is 2.41. The zero-order valence-corrected chi connectivity index (χ0v) is 15.8. The highest BCUT2D eigenvalue weighted by Crippen LogP contribution is 2.25. The van der Waals surface area contributed by atoms with E-state index >= 15 is 0 Å². The molecule has 162 valence electrons. The number of carbonyl (C=O) groups excluding carboxylic acids is 1. The summed E-state index contributed by atoms with van der Waals surface area (Å²) in [7, 11) is 1.44. The molecule has 0 bridgehead atoms. The molecule has 2 rings (SSSR count). The molecule has 0 aliphatic carbocycles. The number of hydrogen-bond acceptors (Lipinski definition) is 3. The molecule has 0 spiro atoms. The predicted molar refractivity (Wildman–Crippen MR) is 95.0 cm³/mol. The first kappa shape index (κ1) is 22.8. The number of rotatable bonds is 4. The van der Waals surface area contributed by atoms with Gasteiger partial charge in [-0.15, -0.1) is 0 Å². The van der Waals surface area contributed by atoms with Gasteiger partial charge in [0.15, 0.2) is 23.4 Å². The van der Waals surface area contributed by atoms with E-state index in [2.05, 4.69) is 15.6 Å². The smallest absolute Gasteiger partial charge is 0.347 e. The molecule has 1 aliphatic heterocycles. The van der Waals surface area contributed by atoms with Crippen molar-refractivity contribution in [3.63, 3.8) is 0 Å². The number of alkyl halides is 3. The van der Waals surface area contributed by atoms with Gasteiger partial charge >= 0.3 is 6.18 Å². The van der Waals surface area contributed by atoms with Gasteiger partial charge < -0.3 is 15.5 Å². The van der Waals surface area contributed by atoms with Crippen molar-refractivity contribution in [2.24, 2.45) is 4.99 Å². The first-order valence-electron chi connectivity index (χ1n) is 8.74. The molecule has 0 saturated carbocycles. The van der Waals surface area contributed by atoms with Crippen molar-refractivity contribution >= 4 is 17.6 Å². The third-order valence-corrected chi connectivity index (χ3v) is 4.56. The van der Waals surface area contributed by atoms with Gasteiger partial charge in [-0.2, -0.15) is 13.2 Å². The second-order valence-electron chi connectivity index (χ2n) is 6.41. The maximum absolute atomic E-state index is 13.6. The number of carbonyl (C=O) groups is 1. The van der Waals surface area contributed by atoms with E-state index in [0.29, 0.717) is 6.07 Å². The average molecular weight is 425 g/mol. The van der Waals surface area contributed by atoms with Crippen LogP contribution in [-0.4, -0.2) is 73.7 Å². The van der Waals surface area contributed by atoms with Gasteiger partial charge in [-0.25, -0.2) is 13.2 Å². The largest absolute Gasteiger partial charge is 0.403 e. The fourth-order valence-corrected chi connectivity index (χ4v) is 2.84. The molecule has 1 atom stereocenters. The van der Waals surface area contributed by atoms with Gasteiger partial charge in [0.05, 0.1) is 12.2 Å². The minimum atomic E-state index is -4.31. The van der Waals surface area contributed by atoms with Crippen molar-refractivity contribution in [1.82, 2.24) is 15.1 Å². The molecule has 1 unspecified atom stereocenters. The molecule has 2 N–H and O–H groups in total. The van der Waals surface area contributed by atoms with E-state index in [9.17, 15) is 31.1 Å². The second-order valence-corrected chi connectivity index (χ2v) is 6.41. The lowest BCUT2D eigenvalue weighted by Crippen LogP contribution is -2.57. The number of hydrogen-bond donors (Lipinski definition) is 2. The van der Waals surface area contributed by atoms with E-state index in [1.165, 1.54) is 11.9 Å². The van der Waals surface area contributed by atoms with Crippen LogP contribution < -0.4 is 10.6 Å². The molecule has 12 heteroatoms. The van der Waals surface area contributed by atoms with Crippen LogP contribution in [-0.2, 0) is 4.79 Å². The zero-order chi connectivity index (χ0) is 21.8. The Kier molecular flexibility index (Phi) is 7.33. The maximum atomic E-state index is 13.6. The molecule has 29 heavy (non-hydrogen) atoms. The number of amides is 1. The topological polar surface area (TPSA) is 60.0 Å². The molecule has 1 aromatic carbocycles. The lowest BCUT2D eigenvalue weighted by molar-refractivity contribution is -0.181. The molecule has 1 amide bonds. The Morgan fingerprint density at radius 3 is 2.31 bits per heavy atom. The van der Waals surface area contributed by atoms with Crippen LogP contribution in [0.2, 0.25) is 0 Å². The minimum Gasteiger partial charge on any atom is -0.347 e. The van der Waals surface area contributed by atoms with E-state index in [1.54, 1.807) is 4.90 Å². The SMILES string of the molecule is CN=C(NCC(=O)Nc1ccc(F)c(F)c1F)N1CCN(C(C)C(F)(F)F)CC1. The predicted octanol–water partition coefficient (Wildman–Crippen LogP) is 2.19. The maximum Gasteiger partial charge on any atom is 0.403 e. The third-order valence-electron chi connectivity index (χ3n) is 4.56. The number of halogens is 6. The van der Waals surface area contributed by atoms with Crippen LogP contribution in [0.1, 0.15) is 6.92 Å². The molecule has 0 radical (unpaired) electrons. The second kappa shape index (κ2) is 9.33. The minimum absolute atomic E-state index is 0.160. The number of piperazine rings is 1. The van der Waals surface area contributed by atoms with Crippen LogP contribution in [0.15, 0.2) is 17.1 Å². The number of anilines is 1. The summed E-state index contributed by atoms with van der Waals surface area (Å²) in [4.78, 5) is 18.9. The van der Waals surface area contributed by atoms with E-state index in [1.807, 2.05) is 0 Å². The van der Waals surface area contributed by atoms with Crippen LogP contribution in [0, 0.1) is 17.5 Å². The first-order chi connectivity index (χ1) is 13.5. The standard InChI is InChI=1S/C17H21F6N5O/c1-10(17(21,22)23)27-5-7-28(8-6-27)16(24-2)25-9-13(29)26-12-4-3-11(18)14(19)15(12)20/h3-4,10H,5-9H2,1-2H3,(H,24,25)(H,26,29). The van der Waals surface area contributed by atoms with Crippen LogP contribution >= 0.6 is 0 Å². The fraction of sp³-hybridized carbons (Fsp3) is 0.529. The van der Waals surface area contributed by atoms with E-state index in [4.69, 9.17) is 0 Å². The Morgan fingerprint density at radius 2 is 1.76 bits per heavy atom. The van der Waals surface area contributed by atoms with Crippen molar-refractivity contribution in [2.45, 2.75) is 19.1 Å². The van der Waals surface area contributed by atoms with Gasteiger partial charge in [0.2, 0.25) is 5.91 Å². The quantitative estimate of drug-likeness (QED) is 0.336. The Bertz CT molecular complexity index is 761. The lowest BCUT2D eigenvalue weighted by atomic mass is 10.2. The van der Waals surface area contributed by atoms with Crippen molar-refractivity contribution in [3.05, 3.63) is 29.6 Å². The Morgan fingerprint density at radius 1 is 1.14 bits per heavy atom. The molecule has 1 fully saturated rings. The van der Waals surface area contributed by atoms with Crippen LogP contribution in [0.3, 0.4) is 0 Å². The highest BCUT2D eigenvalue weighted by atomic mass is 19.4. The molecule has 1 aromatic rings. The molecule has 0 aromatic heterocycles. The molecule has 1 aliphatic rings. The van der Waals surface area contributed by atoms with E-state index < -0.39 is 41.3 Å². The number of benzene rings is 1. The summed E-state index contributed by atoms with van der Waals surface area (Å²) in [6.45, 7) is 1.59. The number of nitrogens with zero attached hydrogens (tertiary/aromatic N) is 3. The average Bonchev–Trinajstić information content (AvgIpc) is 2.68. The normalized spacial score (nSPS) is 17.2. The summed E-state index contributed by atoms with van der Waals surface area (Å²) in [5, 5.41) is 4.82. The first-order valence-corrected chi connectivity index (χ1v) is 8.74. The summed E-state index contributed by atoms with van der Waals surface area (Å²) in [5.74, 6) is -5.04. The monoisotopic (exact) mass is 425 g/mol. The summed E-state index contributed by atoms with van der Waals surface area (Å²) in [6, 6.07) is 0.0138. The van der Waals surface area contributed by atoms with E-state index in [0.717, 1.165) is 13.0 Å². The zero-order valence-electron chi connectivity index (χ0n) is 15.8. The number of aliphatic imine (C=N–C) groups is 1.